The summed E-state index contributed by atoms with van der Waals surface area (Å²) in [5, 5.41) is 11.7. The first-order chi connectivity index (χ1) is 13.5. The number of carbonyl (C=O) groups is 1. The van der Waals surface area contributed by atoms with Crippen LogP contribution in [0.2, 0.25) is 0 Å². The van der Waals surface area contributed by atoms with E-state index >= 15 is 0 Å². The zero-order chi connectivity index (χ0) is 20.1. The van der Waals surface area contributed by atoms with Crippen molar-refractivity contribution in [2.75, 3.05) is 37.7 Å². The fraction of sp³-hybridized carbons (Fsp3) is 0.353. The van der Waals surface area contributed by atoms with Crippen LogP contribution in [0.15, 0.2) is 35.1 Å². The highest BCUT2D eigenvalue weighted by Crippen LogP contribution is 2.36. The number of nitrogens with zero attached hydrogens (tertiary/aromatic N) is 5. The lowest BCUT2D eigenvalue weighted by Crippen LogP contribution is -2.49. The van der Waals surface area contributed by atoms with Crippen LogP contribution in [0.1, 0.15) is 6.92 Å². The first-order valence-corrected chi connectivity index (χ1v) is 9.38. The summed E-state index contributed by atoms with van der Waals surface area (Å²) in [4.78, 5) is 34.3. The van der Waals surface area contributed by atoms with Crippen LogP contribution in [0.3, 0.4) is 0 Å². The number of aromatic nitrogens is 2. The Labute approximate surface area is 169 Å². The van der Waals surface area contributed by atoms with Gasteiger partial charge in [0.05, 0.1) is 11.5 Å². The first-order valence-electron chi connectivity index (χ1n) is 8.59. The monoisotopic (exact) mass is 451 g/mol. The number of carbonyl (C=O) groups excluding carboxylic acids is 1. The third-order valence-corrected chi connectivity index (χ3v) is 4.61. The molecule has 2 aromatic rings. The summed E-state index contributed by atoms with van der Waals surface area (Å²) in [5.74, 6) is 0.448. The molecule has 0 aliphatic carbocycles. The molecule has 0 N–H and O–H groups in total. The van der Waals surface area contributed by atoms with E-state index in [1.807, 2.05) is 0 Å². The molecule has 0 spiro atoms. The largest absolute Gasteiger partial charge is 0.450 e. The summed E-state index contributed by atoms with van der Waals surface area (Å²) in [5.41, 5.74) is -0.310. The molecule has 1 aliphatic heterocycles. The second kappa shape index (κ2) is 8.83. The van der Waals surface area contributed by atoms with Crippen molar-refractivity contribution in [3.05, 3.63) is 45.2 Å². The molecule has 2 heterocycles. The highest BCUT2D eigenvalue weighted by Gasteiger charge is 2.31. The number of benzene rings is 1. The topological polar surface area (TPSA) is 111 Å². The Balaban J connectivity index is 1.81. The van der Waals surface area contributed by atoms with Crippen LogP contribution >= 0.6 is 15.9 Å². The van der Waals surface area contributed by atoms with Crippen LogP contribution in [0.4, 0.5) is 16.3 Å². The number of anilines is 1. The van der Waals surface area contributed by atoms with Gasteiger partial charge in [-0.3, -0.25) is 10.1 Å². The molecule has 0 bridgehead atoms. The zero-order valence-electron chi connectivity index (χ0n) is 15.1. The molecule has 0 saturated carbocycles. The molecular formula is C17H18BrN5O5. The van der Waals surface area contributed by atoms with E-state index in [1.54, 1.807) is 41.0 Å². The number of rotatable bonds is 5. The number of nitro groups is 1. The maximum atomic E-state index is 11.8. The van der Waals surface area contributed by atoms with Gasteiger partial charge in [0.15, 0.2) is 0 Å². The van der Waals surface area contributed by atoms with Gasteiger partial charge in [-0.2, -0.15) is 4.98 Å². The Hall–Kier alpha value is -2.95. The molecule has 1 saturated heterocycles. The van der Waals surface area contributed by atoms with E-state index in [-0.39, 0.29) is 17.4 Å². The van der Waals surface area contributed by atoms with E-state index in [0.29, 0.717) is 38.5 Å². The van der Waals surface area contributed by atoms with Crippen LogP contribution < -0.4 is 9.64 Å². The van der Waals surface area contributed by atoms with Gasteiger partial charge in [0, 0.05) is 30.7 Å². The molecule has 0 radical (unpaired) electrons. The molecule has 0 atom stereocenters. The highest BCUT2D eigenvalue weighted by atomic mass is 79.9. The molecule has 28 heavy (non-hydrogen) atoms. The van der Waals surface area contributed by atoms with E-state index in [1.165, 1.54) is 6.33 Å². The lowest BCUT2D eigenvalue weighted by atomic mass is 10.3. The van der Waals surface area contributed by atoms with Gasteiger partial charge in [0.2, 0.25) is 5.82 Å². The molecule has 148 valence electrons. The molecule has 3 rings (SSSR count). The molecular weight excluding hydrogens is 434 g/mol. The number of amides is 1. The third kappa shape index (κ3) is 4.47. The van der Waals surface area contributed by atoms with E-state index in [2.05, 4.69) is 25.9 Å². The van der Waals surface area contributed by atoms with Crippen molar-refractivity contribution >= 4 is 33.5 Å². The van der Waals surface area contributed by atoms with E-state index in [9.17, 15) is 14.9 Å². The van der Waals surface area contributed by atoms with Crippen LogP contribution in [0.25, 0.3) is 0 Å². The SMILES string of the molecule is CCOC(=O)N1CCN(c2ncnc(Oc3ccc(Br)cc3)c2[N+](=O)[O-])CC1. The van der Waals surface area contributed by atoms with E-state index < -0.39 is 11.0 Å². The first kappa shape index (κ1) is 19.8. The molecule has 10 nitrogen and oxygen atoms in total. The molecule has 11 heteroatoms. The summed E-state index contributed by atoms with van der Waals surface area (Å²) >= 11 is 3.32. The minimum atomic E-state index is -0.554. The lowest BCUT2D eigenvalue weighted by molar-refractivity contribution is -0.385. The van der Waals surface area contributed by atoms with Crippen molar-refractivity contribution in [3.63, 3.8) is 0 Å². The minimum Gasteiger partial charge on any atom is -0.450 e. The Morgan fingerprint density at radius 3 is 2.50 bits per heavy atom. The smallest absolute Gasteiger partial charge is 0.409 e. The fourth-order valence-corrected chi connectivity index (χ4v) is 3.01. The van der Waals surface area contributed by atoms with Gasteiger partial charge in [-0.25, -0.2) is 9.78 Å². The Bertz CT molecular complexity index is 856. The maximum absolute atomic E-state index is 11.8. The second-order valence-electron chi connectivity index (χ2n) is 5.84. The molecule has 1 aliphatic rings. The van der Waals surface area contributed by atoms with Gasteiger partial charge < -0.3 is 19.3 Å². The number of hydrogen-bond donors (Lipinski definition) is 0. The average Bonchev–Trinajstić information content (AvgIpc) is 2.69. The third-order valence-electron chi connectivity index (χ3n) is 4.09. The van der Waals surface area contributed by atoms with E-state index in [4.69, 9.17) is 9.47 Å². The molecule has 1 amide bonds. The number of ether oxygens (including phenoxy) is 2. The van der Waals surface area contributed by atoms with Crippen LogP contribution in [0, 0.1) is 10.1 Å². The molecule has 0 unspecified atom stereocenters. The van der Waals surface area contributed by atoms with E-state index in [0.717, 1.165) is 4.47 Å². The van der Waals surface area contributed by atoms with Crippen molar-refractivity contribution in [2.45, 2.75) is 6.92 Å². The van der Waals surface area contributed by atoms with Crippen molar-refractivity contribution in [1.82, 2.24) is 14.9 Å². The van der Waals surface area contributed by atoms with Crippen molar-refractivity contribution in [1.29, 1.82) is 0 Å². The maximum Gasteiger partial charge on any atom is 0.409 e. The van der Waals surface area contributed by atoms with Crippen molar-refractivity contribution < 1.29 is 19.2 Å². The second-order valence-corrected chi connectivity index (χ2v) is 6.75. The minimum absolute atomic E-state index is 0.134. The number of piperazine rings is 1. The number of hydrogen-bond acceptors (Lipinski definition) is 8. The zero-order valence-corrected chi connectivity index (χ0v) is 16.7. The quantitative estimate of drug-likeness (QED) is 0.502. The summed E-state index contributed by atoms with van der Waals surface area (Å²) in [6.45, 7) is 3.56. The van der Waals surface area contributed by atoms with Gasteiger partial charge in [0.1, 0.15) is 12.1 Å². The Morgan fingerprint density at radius 1 is 1.21 bits per heavy atom. The summed E-state index contributed by atoms with van der Waals surface area (Å²) in [6.07, 6.45) is 0.840. The van der Waals surface area contributed by atoms with Gasteiger partial charge in [-0.15, -0.1) is 0 Å². The Morgan fingerprint density at radius 2 is 1.89 bits per heavy atom. The molecule has 1 aromatic heterocycles. The molecule has 1 fully saturated rings. The predicted molar refractivity (Wildman–Crippen MR) is 104 cm³/mol. The fourth-order valence-electron chi connectivity index (χ4n) is 2.75. The Kier molecular flexibility index (Phi) is 6.24. The predicted octanol–water partition coefficient (Wildman–Crippen LogP) is 3.22. The summed E-state index contributed by atoms with van der Waals surface area (Å²) in [7, 11) is 0. The van der Waals surface area contributed by atoms with Crippen LogP contribution in [-0.2, 0) is 4.74 Å². The average molecular weight is 452 g/mol. The van der Waals surface area contributed by atoms with Gasteiger partial charge in [0.25, 0.3) is 0 Å². The standard InChI is InChI=1S/C17H18BrN5O5/c1-2-27-17(24)22-9-7-21(8-10-22)15-14(23(25)26)16(20-11-19-15)28-13-5-3-12(18)4-6-13/h3-6,11H,2,7-10H2,1H3. The number of halogens is 1. The highest BCUT2D eigenvalue weighted by molar-refractivity contribution is 9.10. The summed E-state index contributed by atoms with van der Waals surface area (Å²) in [6, 6.07) is 6.87. The van der Waals surface area contributed by atoms with Gasteiger partial charge >= 0.3 is 17.7 Å². The summed E-state index contributed by atoms with van der Waals surface area (Å²) < 4.78 is 11.5. The van der Waals surface area contributed by atoms with Crippen LogP contribution in [0.5, 0.6) is 11.6 Å². The van der Waals surface area contributed by atoms with Gasteiger partial charge in [-0.05, 0) is 31.2 Å². The van der Waals surface area contributed by atoms with Crippen molar-refractivity contribution in [3.8, 4) is 11.6 Å². The van der Waals surface area contributed by atoms with Crippen molar-refractivity contribution in [2.24, 2.45) is 0 Å². The van der Waals surface area contributed by atoms with Gasteiger partial charge in [-0.1, -0.05) is 15.9 Å². The lowest BCUT2D eigenvalue weighted by Gasteiger charge is -2.34. The molecule has 1 aromatic carbocycles. The van der Waals surface area contributed by atoms with Crippen LogP contribution in [-0.4, -0.2) is 58.7 Å². The normalized spacial score (nSPS) is 13.9.